The Morgan fingerprint density at radius 3 is 2.72 bits per heavy atom. The van der Waals surface area contributed by atoms with Gasteiger partial charge >= 0.3 is 0 Å². The second-order valence-corrected chi connectivity index (χ2v) is 4.61. The molecule has 0 spiro atoms. The first kappa shape index (κ1) is 14.4. The fraction of sp³-hybridized carbons (Fsp3) is 0.615. The van der Waals surface area contributed by atoms with Crippen molar-refractivity contribution >= 4 is 5.91 Å². The number of hydrogen-bond donors (Lipinski definition) is 1. The lowest BCUT2D eigenvalue weighted by Crippen LogP contribution is -2.33. The van der Waals surface area contributed by atoms with Gasteiger partial charge in [0.2, 0.25) is 5.91 Å². The Kier molecular flexibility index (Phi) is 5.55. The third-order valence-corrected chi connectivity index (χ3v) is 2.71. The van der Waals surface area contributed by atoms with Gasteiger partial charge in [0, 0.05) is 13.5 Å². The van der Waals surface area contributed by atoms with Crippen molar-refractivity contribution in [1.82, 2.24) is 20.1 Å². The van der Waals surface area contributed by atoms with E-state index in [4.69, 9.17) is 0 Å². The van der Waals surface area contributed by atoms with Crippen LogP contribution in [0.1, 0.15) is 45.5 Å². The van der Waals surface area contributed by atoms with Gasteiger partial charge in [0.1, 0.15) is 12.2 Å². The van der Waals surface area contributed by atoms with Crippen molar-refractivity contribution in [3.05, 3.63) is 24.3 Å². The number of hydrogen-bond acceptors (Lipinski definition) is 3. The molecule has 18 heavy (non-hydrogen) atoms. The number of allylic oxidation sites excluding steroid dienone is 1. The van der Waals surface area contributed by atoms with Crippen molar-refractivity contribution in [2.24, 2.45) is 13.0 Å². The van der Waals surface area contributed by atoms with Gasteiger partial charge in [0.25, 0.3) is 0 Å². The first-order chi connectivity index (χ1) is 8.56. The molecule has 5 heteroatoms. The molecule has 1 heterocycles. The summed E-state index contributed by atoms with van der Waals surface area (Å²) >= 11 is 0. The van der Waals surface area contributed by atoms with E-state index in [1.54, 1.807) is 4.68 Å². The summed E-state index contributed by atoms with van der Waals surface area (Å²) in [5.74, 6) is 1.08. The highest BCUT2D eigenvalue weighted by molar-refractivity contribution is 5.77. The SMILES string of the molecule is CCC=CCC(=O)NC(c1ncnn1C)C(C)C. The quantitative estimate of drug-likeness (QED) is 0.785. The number of rotatable bonds is 6. The minimum Gasteiger partial charge on any atom is -0.346 e. The molecule has 1 rings (SSSR count). The van der Waals surface area contributed by atoms with Crippen molar-refractivity contribution in [2.45, 2.75) is 39.7 Å². The van der Waals surface area contributed by atoms with E-state index in [2.05, 4.69) is 29.2 Å². The van der Waals surface area contributed by atoms with E-state index < -0.39 is 0 Å². The van der Waals surface area contributed by atoms with Gasteiger partial charge in [-0.25, -0.2) is 4.98 Å². The highest BCUT2D eigenvalue weighted by Crippen LogP contribution is 2.18. The van der Waals surface area contributed by atoms with Gasteiger partial charge in [-0.05, 0) is 12.3 Å². The molecular weight excluding hydrogens is 228 g/mol. The summed E-state index contributed by atoms with van der Waals surface area (Å²) in [6.45, 7) is 6.16. The molecule has 0 bridgehead atoms. The van der Waals surface area contributed by atoms with Crippen LogP contribution in [0.2, 0.25) is 0 Å². The molecule has 1 amide bonds. The van der Waals surface area contributed by atoms with E-state index >= 15 is 0 Å². The topological polar surface area (TPSA) is 59.8 Å². The van der Waals surface area contributed by atoms with Gasteiger partial charge in [-0.1, -0.05) is 32.9 Å². The fourth-order valence-electron chi connectivity index (χ4n) is 1.71. The molecule has 100 valence electrons. The van der Waals surface area contributed by atoms with Crippen LogP contribution in [0.5, 0.6) is 0 Å². The average molecular weight is 250 g/mol. The van der Waals surface area contributed by atoms with Crippen LogP contribution < -0.4 is 5.32 Å². The maximum Gasteiger partial charge on any atom is 0.224 e. The molecule has 1 unspecified atom stereocenters. The lowest BCUT2D eigenvalue weighted by atomic mass is 10.0. The Bertz CT molecular complexity index is 409. The van der Waals surface area contributed by atoms with Crippen molar-refractivity contribution in [3.63, 3.8) is 0 Å². The first-order valence-electron chi connectivity index (χ1n) is 6.34. The number of aromatic nitrogens is 3. The zero-order valence-corrected chi connectivity index (χ0v) is 11.6. The average Bonchev–Trinajstić information content (AvgIpc) is 2.72. The summed E-state index contributed by atoms with van der Waals surface area (Å²) in [4.78, 5) is 16.0. The van der Waals surface area contributed by atoms with E-state index in [1.165, 1.54) is 6.33 Å². The second-order valence-electron chi connectivity index (χ2n) is 4.61. The number of nitrogens with zero attached hydrogens (tertiary/aromatic N) is 3. The molecular formula is C13H22N4O. The molecule has 0 radical (unpaired) electrons. The Balaban J connectivity index is 2.68. The van der Waals surface area contributed by atoms with Crippen LogP contribution in [0, 0.1) is 5.92 Å². The lowest BCUT2D eigenvalue weighted by Gasteiger charge is -2.21. The summed E-state index contributed by atoms with van der Waals surface area (Å²) in [6.07, 6.45) is 6.75. The van der Waals surface area contributed by atoms with E-state index in [0.717, 1.165) is 12.2 Å². The monoisotopic (exact) mass is 250 g/mol. The molecule has 0 aliphatic carbocycles. The molecule has 1 N–H and O–H groups in total. The molecule has 0 aromatic carbocycles. The van der Waals surface area contributed by atoms with Gasteiger partial charge in [-0.2, -0.15) is 5.10 Å². The van der Waals surface area contributed by atoms with Crippen LogP contribution in [0.15, 0.2) is 18.5 Å². The minimum atomic E-state index is -0.0972. The normalized spacial score (nSPS) is 13.2. The smallest absolute Gasteiger partial charge is 0.224 e. The molecule has 5 nitrogen and oxygen atoms in total. The van der Waals surface area contributed by atoms with Crippen molar-refractivity contribution < 1.29 is 4.79 Å². The molecule has 1 aromatic heterocycles. The highest BCUT2D eigenvalue weighted by Gasteiger charge is 2.21. The molecule has 0 fully saturated rings. The zero-order chi connectivity index (χ0) is 13.5. The van der Waals surface area contributed by atoms with Crippen LogP contribution in [0.3, 0.4) is 0 Å². The van der Waals surface area contributed by atoms with Gasteiger partial charge < -0.3 is 5.32 Å². The van der Waals surface area contributed by atoms with Crippen LogP contribution in [0.25, 0.3) is 0 Å². The van der Waals surface area contributed by atoms with Crippen molar-refractivity contribution in [1.29, 1.82) is 0 Å². The molecule has 1 aromatic rings. The summed E-state index contributed by atoms with van der Waals surface area (Å²) < 4.78 is 1.70. The van der Waals surface area contributed by atoms with Crippen LogP contribution >= 0.6 is 0 Å². The van der Waals surface area contributed by atoms with Crippen molar-refractivity contribution in [3.8, 4) is 0 Å². The standard InChI is InChI=1S/C13H22N4O/c1-5-6-7-8-11(18)16-12(10(2)3)13-14-9-15-17(13)4/h6-7,9-10,12H,5,8H2,1-4H3,(H,16,18). The number of carbonyl (C=O) groups is 1. The molecule has 0 aliphatic rings. The van der Waals surface area contributed by atoms with E-state index in [1.807, 2.05) is 26.1 Å². The molecule has 0 aliphatic heterocycles. The number of amides is 1. The Labute approximate surface area is 108 Å². The number of nitrogens with one attached hydrogen (secondary N) is 1. The Morgan fingerprint density at radius 2 is 2.22 bits per heavy atom. The van der Waals surface area contributed by atoms with Crippen molar-refractivity contribution in [2.75, 3.05) is 0 Å². The van der Waals surface area contributed by atoms with E-state index in [9.17, 15) is 4.79 Å². The number of aryl methyl sites for hydroxylation is 1. The van der Waals surface area contributed by atoms with Gasteiger partial charge in [0.05, 0.1) is 6.04 Å². The zero-order valence-electron chi connectivity index (χ0n) is 11.6. The minimum absolute atomic E-state index is 0.0152. The maximum absolute atomic E-state index is 11.8. The Hall–Kier alpha value is -1.65. The molecule has 0 saturated carbocycles. The number of carbonyl (C=O) groups excluding carboxylic acids is 1. The summed E-state index contributed by atoms with van der Waals surface area (Å²) in [5, 5.41) is 7.05. The third kappa shape index (κ3) is 3.98. The third-order valence-electron chi connectivity index (χ3n) is 2.71. The van der Waals surface area contributed by atoms with Gasteiger partial charge in [0.15, 0.2) is 0 Å². The summed E-state index contributed by atoms with van der Waals surface area (Å²) in [6, 6.07) is -0.0972. The fourth-order valence-corrected chi connectivity index (χ4v) is 1.71. The molecule has 1 atom stereocenters. The Morgan fingerprint density at radius 1 is 1.50 bits per heavy atom. The van der Waals surface area contributed by atoms with E-state index in [-0.39, 0.29) is 17.9 Å². The second kappa shape index (κ2) is 6.93. The van der Waals surface area contributed by atoms with E-state index in [0.29, 0.717) is 6.42 Å². The first-order valence-corrected chi connectivity index (χ1v) is 6.34. The highest BCUT2D eigenvalue weighted by atomic mass is 16.1. The summed E-state index contributed by atoms with van der Waals surface area (Å²) in [7, 11) is 1.83. The van der Waals surface area contributed by atoms with Gasteiger partial charge in [-0.3, -0.25) is 9.48 Å². The van der Waals surface area contributed by atoms with Crippen LogP contribution in [0.4, 0.5) is 0 Å². The maximum atomic E-state index is 11.8. The predicted octanol–water partition coefficient (Wildman–Crippen LogP) is 1.98. The van der Waals surface area contributed by atoms with Crippen LogP contribution in [-0.4, -0.2) is 20.7 Å². The van der Waals surface area contributed by atoms with Gasteiger partial charge in [-0.15, -0.1) is 0 Å². The van der Waals surface area contributed by atoms with Crippen LogP contribution in [-0.2, 0) is 11.8 Å². The predicted molar refractivity (Wildman–Crippen MR) is 70.8 cm³/mol. The largest absolute Gasteiger partial charge is 0.346 e. The lowest BCUT2D eigenvalue weighted by molar-refractivity contribution is -0.121. The summed E-state index contributed by atoms with van der Waals surface area (Å²) in [5.41, 5.74) is 0. The molecule has 0 saturated heterocycles.